The van der Waals surface area contributed by atoms with Crippen molar-refractivity contribution < 1.29 is 14.3 Å². The lowest BCUT2D eigenvalue weighted by Crippen LogP contribution is -2.02. The van der Waals surface area contributed by atoms with Gasteiger partial charge < -0.3 is 9.47 Å². The molecule has 0 fully saturated rings. The Morgan fingerprint density at radius 2 is 1.16 bits per heavy atom. The van der Waals surface area contributed by atoms with Crippen LogP contribution < -0.4 is 9.47 Å². The van der Waals surface area contributed by atoms with Gasteiger partial charge in [-0.25, -0.2) is 0 Å². The Hall–Kier alpha value is -2.29. The van der Waals surface area contributed by atoms with Crippen molar-refractivity contribution in [2.75, 3.05) is 14.2 Å². The van der Waals surface area contributed by atoms with E-state index in [9.17, 15) is 4.79 Å². The van der Waals surface area contributed by atoms with Gasteiger partial charge in [0.25, 0.3) is 0 Å². The minimum atomic E-state index is -0.392. The fraction of sp³-hybridized carbons (Fsp3) is 0.188. The number of hydrogen-bond donors (Lipinski definition) is 0. The maximum Gasteiger partial charge on any atom is 0.211 e. The predicted molar refractivity (Wildman–Crippen MR) is 73.5 cm³/mol. The topological polar surface area (TPSA) is 35.5 Å². The summed E-state index contributed by atoms with van der Waals surface area (Å²) in [4.78, 5) is 11.2. The molecule has 2 aromatic rings. The molecular formula is C16H15O3. The van der Waals surface area contributed by atoms with Gasteiger partial charge >= 0.3 is 0 Å². The smallest absolute Gasteiger partial charge is 0.211 e. The first-order valence-electron chi connectivity index (χ1n) is 5.94. The number of hydrogen-bond acceptors (Lipinski definition) is 3. The molecule has 3 heteroatoms. The van der Waals surface area contributed by atoms with Gasteiger partial charge in [-0.1, -0.05) is 24.3 Å². The summed E-state index contributed by atoms with van der Waals surface area (Å²) in [6.45, 7) is 0. The fourth-order valence-electron chi connectivity index (χ4n) is 1.92. The first kappa shape index (κ1) is 13.1. The molecule has 19 heavy (non-hydrogen) atoms. The van der Waals surface area contributed by atoms with Crippen molar-refractivity contribution in [3.8, 4) is 11.5 Å². The average molecular weight is 255 g/mol. The summed E-state index contributed by atoms with van der Waals surface area (Å²) in [7, 11) is 3.23. The second-order valence-electron chi connectivity index (χ2n) is 4.10. The summed E-state index contributed by atoms with van der Waals surface area (Å²) in [6, 6.07) is 14.8. The molecule has 0 N–H and O–H groups in total. The van der Waals surface area contributed by atoms with Gasteiger partial charge in [0.1, 0.15) is 11.5 Å². The molecule has 0 spiro atoms. The Kier molecular flexibility index (Phi) is 4.18. The van der Waals surface area contributed by atoms with Crippen LogP contribution in [0.3, 0.4) is 0 Å². The number of ether oxygens (including phenoxy) is 2. The summed E-state index contributed by atoms with van der Waals surface area (Å²) in [5.74, 6) is 1.14. The molecule has 2 rings (SSSR count). The normalized spacial score (nSPS) is 10.3. The monoisotopic (exact) mass is 255 g/mol. The Bertz CT molecular complexity index is 481. The van der Waals surface area contributed by atoms with Crippen LogP contribution in [0.1, 0.15) is 17.0 Å². The van der Waals surface area contributed by atoms with E-state index in [0.29, 0.717) is 0 Å². The SMILES string of the molecule is COc1ccc(C([C]=O)c2ccc(OC)cc2)cc1. The van der Waals surface area contributed by atoms with Crippen LogP contribution in [0.15, 0.2) is 48.5 Å². The first-order chi connectivity index (χ1) is 9.28. The van der Waals surface area contributed by atoms with Crippen LogP contribution in [-0.2, 0) is 4.79 Å². The Morgan fingerprint density at radius 3 is 1.42 bits per heavy atom. The van der Waals surface area contributed by atoms with Crippen LogP contribution in [0.25, 0.3) is 0 Å². The molecule has 2 aromatic carbocycles. The molecule has 0 aliphatic carbocycles. The lowest BCUT2D eigenvalue weighted by atomic mass is 9.92. The van der Waals surface area contributed by atoms with E-state index in [1.165, 1.54) is 0 Å². The average Bonchev–Trinajstić information content (AvgIpc) is 2.49. The molecule has 0 atom stereocenters. The minimum Gasteiger partial charge on any atom is -0.497 e. The third-order valence-electron chi connectivity index (χ3n) is 3.02. The Balaban J connectivity index is 2.29. The molecule has 0 saturated carbocycles. The van der Waals surface area contributed by atoms with Crippen molar-refractivity contribution in [3.05, 3.63) is 59.7 Å². The summed E-state index contributed by atoms with van der Waals surface area (Å²) >= 11 is 0. The highest BCUT2D eigenvalue weighted by atomic mass is 16.5. The molecular weight excluding hydrogens is 240 g/mol. The maximum absolute atomic E-state index is 11.2. The van der Waals surface area contributed by atoms with Gasteiger partial charge in [0.15, 0.2) is 0 Å². The molecule has 0 amide bonds. The molecule has 0 aliphatic rings. The third-order valence-corrected chi connectivity index (χ3v) is 3.02. The number of methoxy groups -OCH3 is 2. The zero-order valence-corrected chi connectivity index (χ0v) is 10.9. The van der Waals surface area contributed by atoms with Gasteiger partial charge in [0.05, 0.1) is 20.1 Å². The van der Waals surface area contributed by atoms with Gasteiger partial charge in [-0.3, -0.25) is 4.79 Å². The Morgan fingerprint density at radius 1 is 0.789 bits per heavy atom. The number of carbonyl (C=O) groups excluding carboxylic acids is 1. The lowest BCUT2D eigenvalue weighted by Gasteiger charge is -2.11. The van der Waals surface area contributed by atoms with Gasteiger partial charge in [-0.05, 0) is 35.4 Å². The van der Waals surface area contributed by atoms with Crippen LogP contribution in [0, 0.1) is 0 Å². The molecule has 0 aliphatic heterocycles. The first-order valence-corrected chi connectivity index (χ1v) is 5.94. The van der Waals surface area contributed by atoms with Crippen LogP contribution >= 0.6 is 0 Å². The standard InChI is InChI=1S/C16H15O3/c1-18-14-7-3-12(4-8-14)16(11-17)13-5-9-15(19-2)10-6-13/h3-10,16H,1-2H3. The zero-order valence-electron chi connectivity index (χ0n) is 10.9. The maximum atomic E-state index is 11.2. The number of rotatable bonds is 5. The highest BCUT2D eigenvalue weighted by molar-refractivity contribution is 5.69. The van der Waals surface area contributed by atoms with Crippen molar-refractivity contribution >= 4 is 6.29 Å². The lowest BCUT2D eigenvalue weighted by molar-refractivity contribution is 0.414. The summed E-state index contributed by atoms with van der Waals surface area (Å²) in [5, 5.41) is 0. The van der Waals surface area contributed by atoms with E-state index in [1.54, 1.807) is 14.2 Å². The molecule has 1 radical (unpaired) electrons. The van der Waals surface area contributed by atoms with Gasteiger partial charge in [-0.2, -0.15) is 0 Å². The van der Waals surface area contributed by atoms with Gasteiger partial charge in [0, 0.05) is 0 Å². The van der Waals surface area contributed by atoms with Crippen LogP contribution in [0.2, 0.25) is 0 Å². The Labute approximate surface area is 112 Å². The van der Waals surface area contributed by atoms with E-state index in [4.69, 9.17) is 9.47 Å². The van der Waals surface area contributed by atoms with Crippen molar-refractivity contribution in [2.24, 2.45) is 0 Å². The highest BCUT2D eigenvalue weighted by Crippen LogP contribution is 2.26. The van der Waals surface area contributed by atoms with Gasteiger partial charge in [0.2, 0.25) is 6.29 Å². The van der Waals surface area contributed by atoms with E-state index in [1.807, 2.05) is 48.5 Å². The molecule has 97 valence electrons. The third kappa shape index (κ3) is 2.94. The van der Waals surface area contributed by atoms with Crippen LogP contribution in [-0.4, -0.2) is 20.5 Å². The van der Waals surface area contributed by atoms with E-state index in [2.05, 4.69) is 6.29 Å². The fourth-order valence-corrected chi connectivity index (χ4v) is 1.92. The highest BCUT2D eigenvalue weighted by Gasteiger charge is 2.14. The van der Waals surface area contributed by atoms with Crippen molar-refractivity contribution in [2.45, 2.75) is 5.92 Å². The quantitative estimate of drug-likeness (QED) is 0.824. The van der Waals surface area contributed by atoms with Crippen molar-refractivity contribution in [3.63, 3.8) is 0 Å². The molecule has 0 heterocycles. The van der Waals surface area contributed by atoms with Gasteiger partial charge in [-0.15, -0.1) is 0 Å². The largest absolute Gasteiger partial charge is 0.497 e. The minimum absolute atomic E-state index is 0.392. The van der Waals surface area contributed by atoms with Crippen molar-refractivity contribution in [1.82, 2.24) is 0 Å². The summed E-state index contributed by atoms with van der Waals surface area (Å²) in [5.41, 5.74) is 1.78. The van der Waals surface area contributed by atoms with E-state index < -0.39 is 5.92 Å². The molecule has 0 aromatic heterocycles. The number of benzene rings is 2. The van der Waals surface area contributed by atoms with E-state index >= 15 is 0 Å². The second kappa shape index (κ2) is 6.05. The zero-order chi connectivity index (χ0) is 13.7. The second-order valence-corrected chi connectivity index (χ2v) is 4.10. The van der Waals surface area contributed by atoms with E-state index in [0.717, 1.165) is 22.6 Å². The van der Waals surface area contributed by atoms with Crippen LogP contribution in [0.4, 0.5) is 0 Å². The van der Waals surface area contributed by atoms with Crippen LogP contribution in [0.5, 0.6) is 11.5 Å². The molecule has 3 nitrogen and oxygen atoms in total. The summed E-state index contributed by atoms with van der Waals surface area (Å²) < 4.78 is 10.2. The summed E-state index contributed by atoms with van der Waals surface area (Å²) in [6.07, 6.45) is 2.08. The molecule has 0 unspecified atom stereocenters. The predicted octanol–water partition coefficient (Wildman–Crippen LogP) is 2.95. The van der Waals surface area contributed by atoms with E-state index in [-0.39, 0.29) is 0 Å². The van der Waals surface area contributed by atoms with Crippen molar-refractivity contribution in [1.29, 1.82) is 0 Å². The molecule has 0 saturated heterocycles. The molecule has 0 bridgehead atoms.